The van der Waals surface area contributed by atoms with Crippen molar-refractivity contribution in [3.63, 3.8) is 0 Å². The van der Waals surface area contributed by atoms with E-state index in [9.17, 15) is 4.39 Å². The summed E-state index contributed by atoms with van der Waals surface area (Å²) in [5.41, 5.74) is 7.41. The minimum absolute atomic E-state index is 0.216. The van der Waals surface area contributed by atoms with Crippen LogP contribution in [0.25, 0.3) is 39.0 Å². The second kappa shape index (κ2) is 7.87. The van der Waals surface area contributed by atoms with E-state index in [-0.39, 0.29) is 11.7 Å². The maximum Gasteiger partial charge on any atom is 0.294 e. The van der Waals surface area contributed by atoms with Gasteiger partial charge in [-0.1, -0.05) is 45.9 Å². The van der Waals surface area contributed by atoms with Gasteiger partial charge in [0.1, 0.15) is 35.1 Å². The zero-order valence-electron chi connectivity index (χ0n) is 20.1. The Morgan fingerprint density at radius 3 is 2.39 bits per heavy atom. The highest BCUT2D eigenvalue weighted by atomic mass is 19.1. The van der Waals surface area contributed by atoms with Crippen molar-refractivity contribution in [2.24, 2.45) is 7.05 Å². The molecule has 5 aromatic rings. The number of para-hydroxylation sites is 1. The van der Waals surface area contributed by atoms with Crippen LogP contribution in [-0.4, -0.2) is 4.57 Å². The van der Waals surface area contributed by atoms with E-state index in [0.29, 0.717) is 5.92 Å². The van der Waals surface area contributed by atoms with E-state index in [4.69, 9.17) is 4.42 Å². The molecule has 0 fully saturated rings. The molecule has 0 aliphatic carbocycles. The minimum atomic E-state index is -0.216. The van der Waals surface area contributed by atoms with Crippen LogP contribution in [0.15, 0.2) is 65.3 Å². The second-order valence-electron chi connectivity index (χ2n) is 9.57. The van der Waals surface area contributed by atoms with Crippen molar-refractivity contribution in [2.45, 2.75) is 46.5 Å². The first-order valence-electron chi connectivity index (χ1n) is 11.6. The van der Waals surface area contributed by atoms with E-state index < -0.39 is 0 Å². The molecule has 33 heavy (non-hydrogen) atoms. The third-order valence-corrected chi connectivity index (χ3v) is 6.58. The van der Waals surface area contributed by atoms with Crippen LogP contribution in [0, 0.1) is 12.7 Å². The highest BCUT2D eigenvalue weighted by Gasteiger charge is 2.30. The summed E-state index contributed by atoms with van der Waals surface area (Å²) in [5, 5.41) is 2.31. The van der Waals surface area contributed by atoms with E-state index in [1.165, 1.54) is 17.2 Å². The van der Waals surface area contributed by atoms with Gasteiger partial charge >= 0.3 is 0 Å². The van der Waals surface area contributed by atoms with Crippen LogP contribution >= 0.6 is 0 Å². The Hall–Kier alpha value is -3.40. The number of aryl methyl sites for hydroxylation is 2. The van der Waals surface area contributed by atoms with Gasteiger partial charge in [0, 0.05) is 21.9 Å². The van der Waals surface area contributed by atoms with Crippen molar-refractivity contribution >= 4 is 21.9 Å². The molecule has 0 saturated heterocycles. The molecule has 0 saturated carbocycles. The predicted molar refractivity (Wildman–Crippen MR) is 133 cm³/mol. The Morgan fingerprint density at radius 2 is 1.70 bits per heavy atom. The Bertz CT molecular complexity index is 1500. The lowest BCUT2D eigenvalue weighted by Gasteiger charge is -2.19. The number of fused-ring (bicyclic) bond motifs is 3. The standard InChI is InChI=1S/C29H30FN2O/c1-17(2)23-16-24-22-9-7-8-10-25(22)33-28(24)26(18(3)4)27(23)32-14-13-31(6)29(32)21-12-11-20(30)15-19(21)5/h7-18H,1-6H3/q+1. The van der Waals surface area contributed by atoms with E-state index in [0.717, 1.165) is 44.6 Å². The quantitative estimate of drug-likeness (QED) is 0.264. The fraction of sp³-hybridized carbons (Fsp3) is 0.276. The molecule has 0 unspecified atom stereocenters. The van der Waals surface area contributed by atoms with Crippen molar-refractivity contribution < 1.29 is 13.4 Å². The summed E-state index contributed by atoms with van der Waals surface area (Å²) in [4.78, 5) is 0. The van der Waals surface area contributed by atoms with Gasteiger partial charge in [0.2, 0.25) is 0 Å². The second-order valence-corrected chi connectivity index (χ2v) is 9.57. The number of furan rings is 1. The molecule has 5 rings (SSSR count). The maximum absolute atomic E-state index is 13.9. The largest absolute Gasteiger partial charge is 0.456 e. The van der Waals surface area contributed by atoms with Gasteiger partial charge in [0.25, 0.3) is 5.82 Å². The van der Waals surface area contributed by atoms with E-state index >= 15 is 0 Å². The van der Waals surface area contributed by atoms with Gasteiger partial charge in [-0.3, -0.25) is 0 Å². The molecule has 3 nitrogen and oxygen atoms in total. The molecule has 2 heterocycles. The summed E-state index contributed by atoms with van der Waals surface area (Å²) < 4.78 is 24.7. The molecule has 3 aromatic carbocycles. The zero-order valence-corrected chi connectivity index (χ0v) is 20.1. The lowest BCUT2D eigenvalue weighted by Crippen LogP contribution is -2.29. The first-order valence-corrected chi connectivity index (χ1v) is 11.6. The molecule has 0 aliphatic heterocycles. The third-order valence-electron chi connectivity index (χ3n) is 6.58. The average Bonchev–Trinajstić information content (AvgIpc) is 3.32. The smallest absolute Gasteiger partial charge is 0.294 e. The van der Waals surface area contributed by atoms with Crippen LogP contribution in [0.5, 0.6) is 0 Å². The fourth-order valence-electron chi connectivity index (χ4n) is 5.00. The molecule has 0 N–H and O–H groups in total. The number of hydrogen-bond acceptors (Lipinski definition) is 1. The number of benzene rings is 3. The van der Waals surface area contributed by atoms with Crippen molar-refractivity contribution in [1.29, 1.82) is 0 Å². The van der Waals surface area contributed by atoms with Crippen molar-refractivity contribution in [2.75, 3.05) is 0 Å². The Kier molecular flexibility index (Phi) is 5.12. The highest BCUT2D eigenvalue weighted by Crippen LogP contribution is 2.42. The normalized spacial score (nSPS) is 12.0. The van der Waals surface area contributed by atoms with E-state index in [1.54, 1.807) is 6.07 Å². The van der Waals surface area contributed by atoms with Gasteiger partial charge in [-0.05, 0) is 54.7 Å². The highest BCUT2D eigenvalue weighted by molar-refractivity contribution is 6.07. The molecule has 0 aliphatic rings. The molecule has 168 valence electrons. The lowest BCUT2D eigenvalue weighted by molar-refractivity contribution is -0.659. The molecule has 2 aromatic heterocycles. The Balaban J connectivity index is 1.92. The summed E-state index contributed by atoms with van der Waals surface area (Å²) in [6.07, 6.45) is 4.18. The van der Waals surface area contributed by atoms with Crippen molar-refractivity contribution in [3.8, 4) is 17.1 Å². The number of imidazole rings is 1. The van der Waals surface area contributed by atoms with Crippen molar-refractivity contribution in [3.05, 3.63) is 83.4 Å². The molecule has 0 atom stereocenters. The van der Waals surface area contributed by atoms with Gasteiger partial charge in [0.05, 0.1) is 12.6 Å². The van der Waals surface area contributed by atoms with Gasteiger partial charge in [-0.15, -0.1) is 0 Å². The number of rotatable bonds is 4. The first-order chi connectivity index (χ1) is 15.8. The van der Waals surface area contributed by atoms with E-state index in [1.807, 2.05) is 32.2 Å². The fourth-order valence-corrected chi connectivity index (χ4v) is 5.00. The summed E-state index contributed by atoms with van der Waals surface area (Å²) >= 11 is 0. The first kappa shape index (κ1) is 21.4. The number of halogens is 1. The SMILES string of the molecule is Cc1cc(F)ccc1-c1n(-c2c(C(C)C)cc3c(oc4ccccc43)c2C(C)C)cc[n+]1C. The predicted octanol–water partition coefficient (Wildman–Crippen LogP) is 7.56. The lowest BCUT2D eigenvalue weighted by atomic mass is 9.89. The van der Waals surface area contributed by atoms with Crippen LogP contribution in [0.4, 0.5) is 4.39 Å². The van der Waals surface area contributed by atoms with Crippen LogP contribution < -0.4 is 4.57 Å². The molecule has 4 heteroatoms. The zero-order chi connectivity index (χ0) is 23.4. The molecule has 0 amide bonds. The molecular weight excluding hydrogens is 411 g/mol. The van der Waals surface area contributed by atoms with Crippen LogP contribution in [0.1, 0.15) is 56.2 Å². The summed E-state index contributed by atoms with van der Waals surface area (Å²) in [5.74, 6) is 1.36. The van der Waals surface area contributed by atoms with Crippen LogP contribution in [0.3, 0.4) is 0 Å². The van der Waals surface area contributed by atoms with Gasteiger partial charge in [-0.2, -0.15) is 4.57 Å². The Morgan fingerprint density at radius 1 is 0.939 bits per heavy atom. The minimum Gasteiger partial charge on any atom is -0.456 e. The van der Waals surface area contributed by atoms with Gasteiger partial charge in [0.15, 0.2) is 0 Å². The Labute approximate surface area is 194 Å². The summed E-state index contributed by atoms with van der Waals surface area (Å²) in [6, 6.07) is 15.6. The van der Waals surface area contributed by atoms with Crippen molar-refractivity contribution in [1.82, 2.24) is 4.57 Å². The van der Waals surface area contributed by atoms with Crippen LogP contribution in [0.2, 0.25) is 0 Å². The van der Waals surface area contributed by atoms with E-state index in [2.05, 4.69) is 67.4 Å². The number of hydrogen-bond donors (Lipinski definition) is 0. The molecule has 0 radical (unpaired) electrons. The number of nitrogens with zero attached hydrogens (tertiary/aromatic N) is 2. The monoisotopic (exact) mass is 441 g/mol. The molecule has 0 bridgehead atoms. The summed E-state index contributed by atoms with van der Waals surface area (Å²) in [7, 11) is 2.04. The average molecular weight is 442 g/mol. The molecule has 0 spiro atoms. The topological polar surface area (TPSA) is 21.9 Å². The van der Waals surface area contributed by atoms with Gasteiger partial charge in [-0.25, -0.2) is 8.96 Å². The summed E-state index contributed by atoms with van der Waals surface area (Å²) in [6.45, 7) is 10.9. The maximum atomic E-state index is 13.9. The third kappa shape index (κ3) is 3.36. The van der Waals surface area contributed by atoms with Gasteiger partial charge < -0.3 is 4.42 Å². The number of aromatic nitrogens is 2. The molecular formula is C29H30FN2O+. The van der Waals surface area contributed by atoms with Crippen LogP contribution in [-0.2, 0) is 7.05 Å².